The van der Waals surface area contributed by atoms with Crippen LogP contribution in [0.2, 0.25) is 0 Å². The van der Waals surface area contributed by atoms with E-state index in [1.165, 1.54) is 0 Å². The van der Waals surface area contributed by atoms with Gasteiger partial charge < -0.3 is 10.6 Å². The van der Waals surface area contributed by atoms with E-state index in [9.17, 15) is 4.79 Å². The van der Waals surface area contributed by atoms with E-state index in [1.807, 2.05) is 19.9 Å². The van der Waals surface area contributed by atoms with Crippen molar-refractivity contribution in [3.8, 4) is 0 Å². The monoisotopic (exact) mass is 235 g/mol. The highest BCUT2D eigenvalue weighted by atomic mass is 16.1. The van der Waals surface area contributed by atoms with Crippen LogP contribution in [0.3, 0.4) is 0 Å². The molecule has 0 aromatic carbocycles. The lowest BCUT2D eigenvalue weighted by Gasteiger charge is -2.14. The molecule has 0 spiro atoms. The second-order valence-corrected chi connectivity index (χ2v) is 4.13. The van der Waals surface area contributed by atoms with E-state index in [0.717, 1.165) is 25.1 Å². The first-order valence-corrected chi connectivity index (χ1v) is 6.17. The summed E-state index contributed by atoms with van der Waals surface area (Å²) in [6.45, 7) is 6.98. The van der Waals surface area contributed by atoms with Crippen molar-refractivity contribution in [1.82, 2.24) is 10.3 Å². The standard InChI is InChI=1S/C13H21N3O/c1-4-7-15-12-6-8-14-9-11(12)13(17)16-10(3)5-2/h6,8-10H,4-5,7H2,1-3H3,(H,14,15)(H,16,17). The van der Waals surface area contributed by atoms with Crippen molar-refractivity contribution in [1.29, 1.82) is 0 Å². The van der Waals surface area contributed by atoms with Crippen LogP contribution in [0.15, 0.2) is 18.5 Å². The third-order valence-electron chi connectivity index (χ3n) is 2.62. The third kappa shape index (κ3) is 4.06. The van der Waals surface area contributed by atoms with E-state index >= 15 is 0 Å². The predicted octanol–water partition coefficient (Wildman–Crippen LogP) is 2.43. The molecule has 0 aliphatic carbocycles. The van der Waals surface area contributed by atoms with Gasteiger partial charge in [0.05, 0.1) is 11.3 Å². The van der Waals surface area contributed by atoms with E-state index in [2.05, 4.69) is 22.5 Å². The molecular weight excluding hydrogens is 214 g/mol. The number of carbonyl (C=O) groups is 1. The average Bonchev–Trinajstić information content (AvgIpc) is 2.36. The van der Waals surface area contributed by atoms with Crippen LogP contribution in [-0.2, 0) is 0 Å². The molecule has 0 radical (unpaired) electrons. The number of nitrogens with zero attached hydrogens (tertiary/aromatic N) is 1. The molecule has 1 heterocycles. The highest BCUT2D eigenvalue weighted by Crippen LogP contribution is 2.13. The van der Waals surface area contributed by atoms with Gasteiger partial charge in [0.1, 0.15) is 0 Å². The van der Waals surface area contributed by atoms with Crippen molar-refractivity contribution in [2.45, 2.75) is 39.7 Å². The number of nitrogens with one attached hydrogen (secondary N) is 2. The van der Waals surface area contributed by atoms with E-state index in [1.54, 1.807) is 12.4 Å². The molecule has 1 amide bonds. The minimum Gasteiger partial charge on any atom is -0.384 e. The predicted molar refractivity (Wildman–Crippen MR) is 70.2 cm³/mol. The fourth-order valence-electron chi connectivity index (χ4n) is 1.39. The van der Waals surface area contributed by atoms with Crippen LogP contribution in [0.25, 0.3) is 0 Å². The summed E-state index contributed by atoms with van der Waals surface area (Å²) in [5.74, 6) is -0.0638. The number of aromatic nitrogens is 1. The second kappa shape index (κ2) is 6.89. The molecule has 17 heavy (non-hydrogen) atoms. The Balaban J connectivity index is 2.77. The molecule has 0 saturated heterocycles. The Bertz CT molecular complexity index is 365. The molecule has 4 heteroatoms. The summed E-state index contributed by atoms with van der Waals surface area (Å²) in [7, 11) is 0. The summed E-state index contributed by atoms with van der Waals surface area (Å²) in [4.78, 5) is 16.0. The molecule has 94 valence electrons. The minimum absolute atomic E-state index is 0.0638. The van der Waals surface area contributed by atoms with Crippen molar-refractivity contribution >= 4 is 11.6 Å². The zero-order valence-corrected chi connectivity index (χ0v) is 10.8. The maximum Gasteiger partial charge on any atom is 0.255 e. The molecule has 1 atom stereocenters. The summed E-state index contributed by atoms with van der Waals surface area (Å²) in [5.41, 5.74) is 1.46. The molecule has 0 aliphatic rings. The van der Waals surface area contributed by atoms with Gasteiger partial charge in [0.15, 0.2) is 0 Å². The Morgan fingerprint density at radius 2 is 2.24 bits per heavy atom. The van der Waals surface area contributed by atoms with Gasteiger partial charge in [-0.25, -0.2) is 0 Å². The molecular formula is C13H21N3O. The van der Waals surface area contributed by atoms with Crippen molar-refractivity contribution in [3.63, 3.8) is 0 Å². The van der Waals surface area contributed by atoms with Crippen LogP contribution in [0, 0.1) is 0 Å². The van der Waals surface area contributed by atoms with Gasteiger partial charge in [0, 0.05) is 25.0 Å². The van der Waals surface area contributed by atoms with E-state index in [0.29, 0.717) is 5.56 Å². The zero-order valence-electron chi connectivity index (χ0n) is 10.8. The smallest absolute Gasteiger partial charge is 0.255 e. The molecule has 4 nitrogen and oxygen atoms in total. The lowest BCUT2D eigenvalue weighted by atomic mass is 10.2. The fraction of sp³-hybridized carbons (Fsp3) is 0.538. The quantitative estimate of drug-likeness (QED) is 0.796. The molecule has 0 bridgehead atoms. The summed E-state index contributed by atoms with van der Waals surface area (Å²) in [6.07, 6.45) is 5.24. The first-order valence-electron chi connectivity index (χ1n) is 6.17. The summed E-state index contributed by atoms with van der Waals surface area (Å²) < 4.78 is 0. The van der Waals surface area contributed by atoms with Gasteiger partial charge in [0.25, 0.3) is 5.91 Å². The number of amides is 1. The van der Waals surface area contributed by atoms with Gasteiger partial charge >= 0.3 is 0 Å². The molecule has 0 saturated carbocycles. The Morgan fingerprint density at radius 3 is 2.88 bits per heavy atom. The van der Waals surface area contributed by atoms with Gasteiger partial charge in [-0.05, 0) is 25.8 Å². The maximum absolute atomic E-state index is 12.0. The van der Waals surface area contributed by atoms with Crippen molar-refractivity contribution < 1.29 is 4.79 Å². The van der Waals surface area contributed by atoms with E-state index in [4.69, 9.17) is 0 Å². The third-order valence-corrected chi connectivity index (χ3v) is 2.62. The lowest BCUT2D eigenvalue weighted by Crippen LogP contribution is -2.32. The Hall–Kier alpha value is -1.58. The molecule has 0 fully saturated rings. The lowest BCUT2D eigenvalue weighted by molar-refractivity contribution is 0.0939. The van der Waals surface area contributed by atoms with E-state index in [-0.39, 0.29) is 11.9 Å². The van der Waals surface area contributed by atoms with Gasteiger partial charge in [-0.15, -0.1) is 0 Å². The maximum atomic E-state index is 12.0. The van der Waals surface area contributed by atoms with Crippen molar-refractivity contribution in [3.05, 3.63) is 24.0 Å². The average molecular weight is 235 g/mol. The number of hydrogen-bond acceptors (Lipinski definition) is 3. The summed E-state index contributed by atoms with van der Waals surface area (Å²) in [6, 6.07) is 2.02. The minimum atomic E-state index is -0.0638. The molecule has 1 aromatic heterocycles. The van der Waals surface area contributed by atoms with Crippen LogP contribution in [0.5, 0.6) is 0 Å². The van der Waals surface area contributed by atoms with Crippen LogP contribution < -0.4 is 10.6 Å². The number of carbonyl (C=O) groups excluding carboxylic acids is 1. The van der Waals surface area contributed by atoms with Crippen LogP contribution in [-0.4, -0.2) is 23.5 Å². The summed E-state index contributed by atoms with van der Waals surface area (Å²) >= 11 is 0. The van der Waals surface area contributed by atoms with Crippen molar-refractivity contribution in [2.24, 2.45) is 0 Å². The molecule has 2 N–H and O–H groups in total. The first-order chi connectivity index (χ1) is 8.19. The number of hydrogen-bond donors (Lipinski definition) is 2. The molecule has 1 unspecified atom stereocenters. The number of rotatable bonds is 6. The zero-order chi connectivity index (χ0) is 12.7. The molecule has 1 aromatic rings. The van der Waals surface area contributed by atoms with Gasteiger partial charge in [-0.3, -0.25) is 9.78 Å². The van der Waals surface area contributed by atoms with Gasteiger partial charge in [-0.2, -0.15) is 0 Å². The largest absolute Gasteiger partial charge is 0.384 e. The van der Waals surface area contributed by atoms with Crippen molar-refractivity contribution in [2.75, 3.05) is 11.9 Å². The fourth-order valence-corrected chi connectivity index (χ4v) is 1.39. The highest BCUT2D eigenvalue weighted by molar-refractivity contribution is 5.99. The summed E-state index contributed by atoms with van der Waals surface area (Å²) in [5, 5.41) is 6.18. The highest BCUT2D eigenvalue weighted by Gasteiger charge is 2.12. The Labute approximate surface area is 103 Å². The Morgan fingerprint density at radius 1 is 1.47 bits per heavy atom. The normalized spacial score (nSPS) is 11.9. The van der Waals surface area contributed by atoms with Gasteiger partial charge in [-0.1, -0.05) is 13.8 Å². The molecule has 0 aliphatic heterocycles. The van der Waals surface area contributed by atoms with Crippen LogP contribution >= 0.6 is 0 Å². The SMILES string of the molecule is CCCNc1ccncc1C(=O)NC(C)CC. The van der Waals surface area contributed by atoms with E-state index < -0.39 is 0 Å². The Kier molecular flexibility index (Phi) is 5.46. The van der Waals surface area contributed by atoms with Gasteiger partial charge in [0.2, 0.25) is 0 Å². The second-order valence-electron chi connectivity index (χ2n) is 4.13. The van der Waals surface area contributed by atoms with Crippen LogP contribution in [0.1, 0.15) is 44.0 Å². The molecule has 1 rings (SSSR count). The number of pyridine rings is 1. The first kappa shape index (κ1) is 13.5. The van der Waals surface area contributed by atoms with Crippen LogP contribution in [0.4, 0.5) is 5.69 Å². The topological polar surface area (TPSA) is 54.0 Å². The number of anilines is 1.